The molecular formula is C20H20N4O2S. The number of aryl methyl sites for hydroxylation is 1. The molecule has 1 amide bonds. The summed E-state index contributed by atoms with van der Waals surface area (Å²) >= 11 is 1.73. The molecule has 27 heavy (non-hydrogen) atoms. The topological polar surface area (TPSA) is 72.4 Å². The molecule has 7 heteroatoms. The lowest BCUT2D eigenvalue weighted by Gasteiger charge is -2.16. The van der Waals surface area contributed by atoms with E-state index in [1.807, 2.05) is 60.2 Å². The van der Waals surface area contributed by atoms with Crippen molar-refractivity contribution in [3.05, 3.63) is 65.8 Å². The Morgan fingerprint density at radius 2 is 2.15 bits per heavy atom. The molecule has 1 N–H and O–H groups in total. The molecule has 0 fully saturated rings. The number of hydrogen-bond acceptors (Lipinski definition) is 5. The normalized spacial score (nSPS) is 12.5. The van der Waals surface area contributed by atoms with Crippen LogP contribution in [0.25, 0.3) is 16.6 Å². The standard InChI is InChI=1S/C20H20N4O2S/c1-13-6-7-16-14(11-13)12-17(26-16)20(25)21-15(8-10-27-2)19-23-22-18-5-3-4-9-24(18)19/h3-7,9,11-12,15H,8,10H2,1-2H3,(H,21,25). The lowest BCUT2D eigenvalue weighted by atomic mass is 10.2. The SMILES string of the molecule is CSCCC(NC(=O)c1cc2cc(C)ccc2o1)c1nnc2ccccn12. The molecule has 0 radical (unpaired) electrons. The van der Waals surface area contributed by atoms with Crippen molar-refractivity contribution in [2.24, 2.45) is 0 Å². The molecule has 0 bridgehead atoms. The molecule has 4 rings (SSSR count). The van der Waals surface area contributed by atoms with E-state index in [0.717, 1.165) is 34.6 Å². The fourth-order valence-corrected chi connectivity index (χ4v) is 3.57. The van der Waals surface area contributed by atoms with Gasteiger partial charge in [-0.25, -0.2) is 0 Å². The summed E-state index contributed by atoms with van der Waals surface area (Å²) < 4.78 is 7.64. The van der Waals surface area contributed by atoms with Gasteiger partial charge in [-0.3, -0.25) is 9.20 Å². The fourth-order valence-electron chi connectivity index (χ4n) is 3.10. The number of carbonyl (C=O) groups is 1. The van der Waals surface area contributed by atoms with Crippen molar-refractivity contribution < 1.29 is 9.21 Å². The maximum Gasteiger partial charge on any atom is 0.287 e. The minimum Gasteiger partial charge on any atom is -0.451 e. The Morgan fingerprint density at radius 1 is 1.26 bits per heavy atom. The maximum atomic E-state index is 12.8. The number of thioether (sulfide) groups is 1. The predicted octanol–water partition coefficient (Wildman–Crippen LogP) is 4.01. The third kappa shape index (κ3) is 3.55. The van der Waals surface area contributed by atoms with Crippen LogP contribution in [0.15, 0.2) is 53.1 Å². The summed E-state index contributed by atoms with van der Waals surface area (Å²) in [5.41, 5.74) is 2.59. The van der Waals surface area contributed by atoms with Gasteiger partial charge in [0.05, 0.1) is 6.04 Å². The first-order chi connectivity index (χ1) is 13.2. The number of aromatic nitrogens is 3. The third-order valence-electron chi connectivity index (χ3n) is 4.46. The van der Waals surface area contributed by atoms with Crippen LogP contribution in [-0.4, -0.2) is 32.5 Å². The number of benzene rings is 1. The second-order valence-corrected chi connectivity index (χ2v) is 7.43. The molecule has 4 aromatic rings. The summed E-state index contributed by atoms with van der Waals surface area (Å²) in [6.07, 6.45) is 4.71. The molecule has 1 atom stereocenters. The molecule has 0 aliphatic rings. The number of nitrogens with zero attached hydrogens (tertiary/aromatic N) is 3. The van der Waals surface area contributed by atoms with E-state index in [-0.39, 0.29) is 11.9 Å². The molecule has 0 saturated carbocycles. The summed E-state index contributed by atoms with van der Waals surface area (Å²) in [4.78, 5) is 12.8. The number of fused-ring (bicyclic) bond motifs is 2. The van der Waals surface area contributed by atoms with Crippen LogP contribution >= 0.6 is 11.8 Å². The number of furan rings is 1. The van der Waals surface area contributed by atoms with E-state index >= 15 is 0 Å². The second-order valence-electron chi connectivity index (χ2n) is 6.45. The summed E-state index contributed by atoms with van der Waals surface area (Å²) in [7, 11) is 0. The van der Waals surface area contributed by atoms with Gasteiger partial charge in [0.25, 0.3) is 5.91 Å². The number of pyridine rings is 1. The summed E-state index contributed by atoms with van der Waals surface area (Å²) in [5.74, 6) is 1.67. The van der Waals surface area contributed by atoms with Crippen molar-refractivity contribution in [2.45, 2.75) is 19.4 Å². The highest BCUT2D eigenvalue weighted by molar-refractivity contribution is 7.98. The van der Waals surface area contributed by atoms with Crippen molar-refractivity contribution in [2.75, 3.05) is 12.0 Å². The van der Waals surface area contributed by atoms with Crippen LogP contribution in [0.1, 0.15) is 34.4 Å². The Hall–Kier alpha value is -2.80. The van der Waals surface area contributed by atoms with Crippen molar-refractivity contribution >= 4 is 34.3 Å². The molecule has 0 spiro atoms. The highest BCUT2D eigenvalue weighted by atomic mass is 32.2. The van der Waals surface area contributed by atoms with Gasteiger partial charge in [0.2, 0.25) is 0 Å². The van der Waals surface area contributed by atoms with Crippen molar-refractivity contribution in [1.82, 2.24) is 19.9 Å². The molecule has 0 saturated heterocycles. The highest BCUT2D eigenvalue weighted by Gasteiger charge is 2.22. The third-order valence-corrected chi connectivity index (χ3v) is 5.11. The van der Waals surface area contributed by atoms with E-state index in [0.29, 0.717) is 11.3 Å². The average molecular weight is 380 g/mol. The molecular weight excluding hydrogens is 360 g/mol. The van der Waals surface area contributed by atoms with Crippen LogP contribution in [-0.2, 0) is 0 Å². The van der Waals surface area contributed by atoms with Crippen LogP contribution in [0.5, 0.6) is 0 Å². The van der Waals surface area contributed by atoms with Gasteiger partial charge >= 0.3 is 0 Å². The van der Waals surface area contributed by atoms with Gasteiger partial charge in [-0.05, 0) is 55.7 Å². The Bertz CT molecular complexity index is 1100. The smallest absolute Gasteiger partial charge is 0.287 e. The Morgan fingerprint density at radius 3 is 3.00 bits per heavy atom. The monoisotopic (exact) mass is 380 g/mol. The minimum absolute atomic E-state index is 0.248. The van der Waals surface area contributed by atoms with Gasteiger partial charge in [-0.2, -0.15) is 11.8 Å². The lowest BCUT2D eigenvalue weighted by molar-refractivity contribution is 0.0908. The number of rotatable bonds is 6. The van der Waals surface area contributed by atoms with Crippen LogP contribution in [0, 0.1) is 6.92 Å². The zero-order chi connectivity index (χ0) is 18.8. The number of nitrogens with one attached hydrogen (secondary N) is 1. The Balaban J connectivity index is 1.63. The molecule has 1 unspecified atom stereocenters. The molecule has 6 nitrogen and oxygen atoms in total. The van der Waals surface area contributed by atoms with Crippen LogP contribution in [0.3, 0.4) is 0 Å². The van der Waals surface area contributed by atoms with E-state index in [9.17, 15) is 4.79 Å². The summed E-state index contributed by atoms with van der Waals surface area (Å²) in [6.45, 7) is 2.01. The predicted molar refractivity (Wildman–Crippen MR) is 107 cm³/mol. The van der Waals surface area contributed by atoms with Gasteiger partial charge < -0.3 is 9.73 Å². The van der Waals surface area contributed by atoms with Gasteiger partial charge in [-0.15, -0.1) is 10.2 Å². The first-order valence-corrected chi connectivity index (χ1v) is 10.1. The van der Waals surface area contributed by atoms with Gasteiger partial charge in [0.15, 0.2) is 17.2 Å². The molecule has 0 aliphatic heterocycles. The van der Waals surface area contributed by atoms with Crippen LogP contribution < -0.4 is 5.32 Å². The van der Waals surface area contributed by atoms with Gasteiger partial charge in [0.1, 0.15) is 5.58 Å². The summed E-state index contributed by atoms with van der Waals surface area (Å²) in [5, 5.41) is 12.5. The highest BCUT2D eigenvalue weighted by Crippen LogP contribution is 2.23. The lowest BCUT2D eigenvalue weighted by Crippen LogP contribution is -2.30. The van der Waals surface area contributed by atoms with Crippen molar-refractivity contribution in [1.29, 1.82) is 0 Å². The molecule has 3 heterocycles. The zero-order valence-corrected chi connectivity index (χ0v) is 16.0. The largest absolute Gasteiger partial charge is 0.451 e. The van der Waals surface area contributed by atoms with Crippen molar-refractivity contribution in [3.8, 4) is 0 Å². The van der Waals surface area contributed by atoms with Crippen LogP contribution in [0.2, 0.25) is 0 Å². The first-order valence-electron chi connectivity index (χ1n) is 8.75. The first kappa shape index (κ1) is 17.6. The average Bonchev–Trinajstić information content (AvgIpc) is 3.28. The fraction of sp³-hybridized carbons (Fsp3) is 0.250. The zero-order valence-electron chi connectivity index (χ0n) is 15.2. The molecule has 1 aromatic carbocycles. The van der Waals surface area contributed by atoms with Crippen LogP contribution in [0.4, 0.5) is 0 Å². The maximum absolute atomic E-state index is 12.8. The van der Waals surface area contributed by atoms with E-state index in [1.54, 1.807) is 17.8 Å². The number of amides is 1. The van der Waals surface area contributed by atoms with E-state index in [1.165, 1.54) is 0 Å². The molecule has 3 aromatic heterocycles. The summed E-state index contributed by atoms with van der Waals surface area (Å²) in [6, 6.07) is 13.1. The van der Waals surface area contributed by atoms with E-state index < -0.39 is 0 Å². The van der Waals surface area contributed by atoms with E-state index in [4.69, 9.17) is 4.42 Å². The minimum atomic E-state index is -0.253. The second kappa shape index (κ2) is 7.44. The van der Waals surface area contributed by atoms with Gasteiger partial charge in [0, 0.05) is 11.6 Å². The van der Waals surface area contributed by atoms with E-state index in [2.05, 4.69) is 15.5 Å². The molecule has 0 aliphatic carbocycles. The quantitative estimate of drug-likeness (QED) is 0.547. The van der Waals surface area contributed by atoms with Crippen molar-refractivity contribution in [3.63, 3.8) is 0 Å². The van der Waals surface area contributed by atoms with Gasteiger partial charge in [-0.1, -0.05) is 17.7 Å². The number of carbonyl (C=O) groups excluding carboxylic acids is 1. The Kier molecular flexibility index (Phi) is 4.85. The number of hydrogen-bond donors (Lipinski definition) is 1. The Labute approximate surface area is 161 Å². The molecule has 138 valence electrons.